The predicted molar refractivity (Wildman–Crippen MR) is 101 cm³/mol. The largest absolute Gasteiger partial charge is 0.342 e. The maximum Gasteiger partial charge on any atom is 0.230 e. The molecule has 1 unspecified atom stereocenters. The third-order valence-corrected chi connectivity index (χ3v) is 6.70. The van der Waals surface area contributed by atoms with Crippen LogP contribution in [0, 0.1) is 18.3 Å². The minimum atomic E-state index is -0.127. The van der Waals surface area contributed by atoms with E-state index in [0.717, 1.165) is 62.9 Å². The van der Waals surface area contributed by atoms with Crippen molar-refractivity contribution in [2.24, 2.45) is 11.3 Å². The molecule has 2 saturated heterocycles. The standard InChI is InChI=1S/C21H32N4O/c1-17-22-12-19(13-23-17)14-24-11-9-21(16-24)8-5-10-25(20(21)26)15-18-6-3-2-4-7-18/h12-13,18H,2-11,14-16H2,1H3. The molecular formula is C21H32N4O. The summed E-state index contributed by atoms with van der Waals surface area (Å²) in [4.78, 5) is 26.6. The Morgan fingerprint density at radius 3 is 2.62 bits per heavy atom. The summed E-state index contributed by atoms with van der Waals surface area (Å²) >= 11 is 0. The molecule has 3 aliphatic rings. The summed E-state index contributed by atoms with van der Waals surface area (Å²) in [5.74, 6) is 1.99. The molecule has 1 saturated carbocycles. The van der Waals surface area contributed by atoms with Crippen LogP contribution in [-0.2, 0) is 11.3 Å². The molecular weight excluding hydrogens is 324 g/mol. The molecule has 3 heterocycles. The fraction of sp³-hybridized carbons (Fsp3) is 0.762. The number of hydrogen-bond donors (Lipinski definition) is 0. The van der Waals surface area contributed by atoms with Gasteiger partial charge in [-0.2, -0.15) is 0 Å². The van der Waals surface area contributed by atoms with E-state index < -0.39 is 0 Å². The zero-order valence-corrected chi connectivity index (χ0v) is 16.1. The number of nitrogens with zero attached hydrogens (tertiary/aromatic N) is 4. The molecule has 1 amide bonds. The second-order valence-corrected chi connectivity index (χ2v) is 8.74. The fourth-order valence-corrected chi connectivity index (χ4v) is 5.24. The molecule has 1 aromatic rings. The van der Waals surface area contributed by atoms with Crippen molar-refractivity contribution in [3.05, 3.63) is 23.8 Å². The molecule has 0 radical (unpaired) electrons. The number of aryl methyl sites for hydroxylation is 1. The number of amides is 1. The third-order valence-electron chi connectivity index (χ3n) is 6.70. The van der Waals surface area contributed by atoms with Crippen LogP contribution in [0.25, 0.3) is 0 Å². The van der Waals surface area contributed by atoms with Gasteiger partial charge in [0.05, 0.1) is 5.41 Å². The second kappa shape index (κ2) is 7.63. The molecule has 5 heteroatoms. The van der Waals surface area contributed by atoms with E-state index in [4.69, 9.17) is 0 Å². The highest BCUT2D eigenvalue weighted by Crippen LogP contribution is 2.41. The number of hydrogen-bond acceptors (Lipinski definition) is 4. The Bertz CT molecular complexity index is 625. The molecule has 3 fully saturated rings. The van der Waals surface area contributed by atoms with Crippen LogP contribution in [0.15, 0.2) is 12.4 Å². The third kappa shape index (κ3) is 3.78. The predicted octanol–water partition coefficient (Wildman–Crippen LogP) is 3.18. The van der Waals surface area contributed by atoms with Crippen molar-refractivity contribution in [2.45, 2.75) is 64.8 Å². The van der Waals surface area contributed by atoms with Gasteiger partial charge in [0.15, 0.2) is 0 Å². The van der Waals surface area contributed by atoms with Gasteiger partial charge in [-0.05, 0) is 51.5 Å². The van der Waals surface area contributed by atoms with Crippen LogP contribution in [0.4, 0.5) is 0 Å². The first-order valence-corrected chi connectivity index (χ1v) is 10.4. The van der Waals surface area contributed by atoms with Crippen molar-refractivity contribution < 1.29 is 4.79 Å². The van der Waals surface area contributed by atoms with Crippen LogP contribution in [0.1, 0.15) is 62.8 Å². The number of carbonyl (C=O) groups is 1. The van der Waals surface area contributed by atoms with E-state index in [9.17, 15) is 4.79 Å². The number of rotatable bonds is 4. The molecule has 26 heavy (non-hydrogen) atoms. The minimum Gasteiger partial charge on any atom is -0.342 e. The Balaban J connectivity index is 1.38. The van der Waals surface area contributed by atoms with Crippen molar-refractivity contribution in [1.82, 2.24) is 19.8 Å². The summed E-state index contributed by atoms with van der Waals surface area (Å²) in [5, 5.41) is 0. The molecule has 0 bridgehead atoms. The molecule has 142 valence electrons. The van der Waals surface area contributed by atoms with Crippen LogP contribution >= 0.6 is 0 Å². The normalized spacial score (nSPS) is 28.2. The Hall–Kier alpha value is -1.49. The number of piperidine rings is 1. The van der Waals surface area contributed by atoms with Crippen LogP contribution in [-0.4, -0.2) is 51.9 Å². The molecule has 1 atom stereocenters. The highest BCUT2D eigenvalue weighted by molar-refractivity contribution is 5.84. The Morgan fingerprint density at radius 2 is 1.85 bits per heavy atom. The summed E-state index contributed by atoms with van der Waals surface area (Å²) in [5.41, 5.74) is 1.02. The number of carbonyl (C=O) groups excluding carboxylic acids is 1. The Kier molecular flexibility index (Phi) is 5.25. The van der Waals surface area contributed by atoms with E-state index in [1.54, 1.807) is 0 Å². The van der Waals surface area contributed by atoms with E-state index in [0.29, 0.717) is 5.91 Å². The first kappa shape index (κ1) is 17.9. The topological polar surface area (TPSA) is 49.3 Å². The quantitative estimate of drug-likeness (QED) is 0.831. The highest BCUT2D eigenvalue weighted by atomic mass is 16.2. The maximum absolute atomic E-state index is 13.3. The molecule has 1 aromatic heterocycles. The number of likely N-dealkylation sites (tertiary alicyclic amines) is 2. The molecule has 5 nitrogen and oxygen atoms in total. The van der Waals surface area contributed by atoms with E-state index in [2.05, 4.69) is 19.8 Å². The van der Waals surface area contributed by atoms with Gasteiger partial charge in [0.2, 0.25) is 5.91 Å². The van der Waals surface area contributed by atoms with Crippen molar-refractivity contribution in [2.75, 3.05) is 26.2 Å². The Labute approximate surface area is 157 Å². The molecule has 1 aliphatic carbocycles. The summed E-state index contributed by atoms with van der Waals surface area (Å²) in [6, 6.07) is 0. The van der Waals surface area contributed by atoms with Gasteiger partial charge >= 0.3 is 0 Å². The van der Waals surface area contributed by atoms with Gasteiger partial charge in [-0.3, -0.25) is 9.69 Å². The molecule has 0 aromatic carbocycles. The second-order valence-electron chi connectivity index (χ2n) is 8.74. The zero-order valence-electron chi connectivity index (χ0n) is 16.1. The van der Waals surface area contributed by atoms with Gasteiger partial charge in [-0.25, -0.2) is 9.97 Å². The Morgan fingerprint density at radius 1 is 1.08 bits per heavy atom. The molecule has 4 rings (SSSR count). The van der Waals surface area contributed by atoms with E-state index >= 15 is 0 Å². The summed E-state index contributed by atoms with van der Waals surface area (Å²) in [6.07, 6.45) is 13.8. The summed E-state index contributed by atoms with van der Waals surface area (Å²) < 4.78 is 0. The van der Waals surface area contributed by atoms with Gasteiger partial charge in [0.1, 0.15) is 5.82 Å². The van der Waals surface area contributed by atoms with Gasteiger partial charge < -0.3 is 4.90 Å². The average molecular weight is 357 g/mol. The van der Waals surface area contributed by atoms with Crippen LogP contribution in [0.5, 0.6) is 0 Å². The van der Waals surface area contributed by atoms with Crippen LogP contribution in [0.2, 0.25) is 0 Å². The van der Waals surface area contributed by atoms with Gasteiger partial charge in [-0.15, -0.1) is 0 Å². The molecule has 0 N–H and O–H groups in total. The van der Waals surface area contributed by atoms with Crippen molar-refractivity contribution in [3.8, 4) is 0 Å². The monoisotopic (exact) mass is 356 g/mol. The van der Waals surface area contributed by atoms with Crippen molar-refractivity contribution >= 4 is 5.91 Å². The highest BCUT2D eigenvalue weighted by Gasteiger charge is 2.48. The lowest BCUT2D eigenvalue weighted by molar-refractivity contribution is -0.146. The first-order chi connectivity index (χ1) is 12.6. The fourth-order valence-electron chi connectivity index (χ4n) is 5.24. The van der Waals surface area contributed by atoms with Gasteiger partial charge in [0.25, 0.3) is 0 Å². The lowest BCUT2D eigenvalue weighted by atomic mass is 9.77. The first-order valence-electron chi connectivity index (χ1n) is 10.4. The minimum absolute atomic E-state index is 0.127. The lowest BCUT2D eigenvalue weighted by Gasteiger charge is -2.41. The van der Waals surface area contributed by atoms with E-state index in [1.807, 2.05) is 19.3 Å². The average Bonchev–Trinajstić information content (AvgIpc) is 3.06. The molecule has 2 aliphatic heterocycles. The van der Waals surface area contributed by atoms with E-state index in [1.165, 1.54) is 38.5 Å². The number of aromatic nitrogens is 2. The van der Waals surface area contributed by atoms with Crippen LogP contribution < -0.4 is 0 Å². The van der Waals surface area contributed by atoms with E-state index in [-0.39, 0.29) is 5.41 Å². The van der Waals surface area contributed by atoms with Crippen molar-refractivity contribution in [1.29, 1.82) is 0 Å². The zero-order chi connectivity index (χ0) is 18.0. The summed E-state index contributed by atoms with van der Waals surface area (Å²) in [6.45, 7) is 6.67. The van der Waals surface area contributed by atoms with Crippen LogP contribution in [0.3, 0.4) is 0 Å². The molecule has 1 spiro atoms. The smallest absolute Gasteiger partial charge is 0.230 e. The maximum atomic E-state index is 13.3. The summed E-state index contributed by atoms with van der Waals surface area (Å²) in [7, 11) is 0. The van der Waals surface area contributed by atoms with Gasteiger partial charge in [0, 0.05) is 44.1 Å². The SMILES string of the molecule is Cc1ncc(CN2CCC3(CCCN(CC4CCCCC4)C3=O)C2)cn1. The lowest BCUT2D eigenvalue weighted by Crippen LogP contribution is -2.51. The van der Waals surface area contributed by atoms with Crippen molar-refractivity contribution in [3.63, 3.8) is 0 Å². The van der Waals surface area contributed by atoms with Gasteiger partial charge in [-0.1, -0.05) is 19.3 Å².